The molecule has 1 aromatic rings. The van der Waals surface area contributed by atoms with E-state index in [9.17, 15) is 14.8 Å². The quantitative estimate of drug-likeness (QED) is 0.350. The standard InChI is InChI=1S/C19H30N6O4/c1-14-3-5-19(6-4-14,12-25(28)13-26)17(27)22-23-18-20-15(2)11-16(21-18)24-7-9-29-10-8-24/h11,13-14,28H,3-10,12H2,1-2H3,(H,22,27)(H,20,21,23)/t14-,19-. The van der Waals surface area contributed by atoms with Crippen LogP contribution in [-0.4, -0.2) is 65.4 Å². The van der Waals surface area contributed by atoms with Crippen LogP contribution in [0, 0.1) is 18.3 Å². The lowest BCUT2D eigenvalue weighted by atomic mass is 9.70. The van der Waals surface area contributed by atoms with Crippen molar-refractivity contribution in [3.8, 4) is 0 Å². The number of morpholine rings is 1. The Bertz CT molecular complexity index is 717. The summed E-state index contributed by atoms with van der Waals surface area (Å²) in [7, 11) is 0. The second kappa shape index (κ2) is 9.36. The van der Waals surface area contributed by atoms with Crippen LogP contribution in [0.2, 0.25) is 0 Å². The fourth-order valence-electron chi connectivity index (χ4n) is 3.93. The Labute approximate surface area is 170 Å². The number of anilines is 2. The highest BCUT2D eigenvalue weighted by Gasteiger charge is 2.42. The molecule has 1 saturated heterocycles. The van der Waals surface area contributed by atoms with Crippen molar-refractivity contribution in [2.24, 2.45) is 11.3 Å². The van der Waals surface area contributed by atoms with Gasteiger partial charge in [-0.25, -0.2) is 10.0 Å². The van der Waals surface area contributed by atoms with Crippen molar-refractivity contribution in [3.05, 3.63) is 11.8 Å². The maximum atomic E-state index is 13.0. The average Bonchev–Trinajstić information content (AvgIpc) is 2.74. The van der Waals surface area contributed by atoms with Gasteiger partial charge in [-0.1, -0.05) is 6.92 Å². The number of carbonyl (C=O) groups excluding carboxylic acids is 2. The van der Waals surface area contributed by atoms with E-state index in [1.165, 1.54) is 0 Å². The number of nitrogens with zero attached hydrogens (tertiary/aromatic N) is 4. The predicted octanol–water partition coefficient (Wildman–Crippen LogP) is 1.11. The molecule has 1 aliphatic heterocycles. The molecular formula is C19H30N6O4. The number of aryl methyl sites for hydroxylation is 1. The van der Waals surface area contributed by atoms with Gasteiger partial charge in [0, 0.05) is 24.8 Å². The Balaban J connectivity index is 1.69. The minimum atomic E-state index is -0.841. The molecule has 0 aromatic carbocycles. The number of aromatic nitrogens is 2. The smallest absolute Gasteiger partial charge is 0.246 e. The number of hydrogen-bond acceptors (Lipinski definition) is 8. The third-order valence-electron chi connectivity index (χ3n) is 5.76. The molecule has 0 bridgehead atoms. The Morgan fingerprint density at radius 3 is 2.72 bits per heavy atom. The first-order valence-corrected chi connectivity index (χ1v) is 10.1. The molecule has 1 saturated carbocycles. The molecular weight excluding hydrogens is 376 g/mol. The number of carbonyl (C=O) groups is 2. The minimum Gasteiger partial charge on any atom is -0.378 e. The zero-order valence-electron chi connectivity index (χ0n) is 17.1. The lowest BCUT2D eigenvalue weighted by Gasteiger charge is -2.38. The molecule has 0 unspecified atom stereocenters. The maximum absolute atomic E-state index is 13.0. The molecule has 2 aliphatic rings. The molecule has 29 heavy (non-hydrogen) atoms. The topological polar surface area (TPSA) is 120 Å². The van der Waals surface area contributed by atoms with Gasteiger partial charge in [-0.15, -0.1) is 0 Å². The summed E-state index contributed by atoms with van der Waals surface area (Å²) in [6, 6.07) is 1.90. The van der Waals surface area contributed by atoms with Crippen LogP contribution in [0.15, 0.2) is 6.07 Å². The molecule has 0 atom stereocenters. The molecule has 2 amide bonds. The van der Waals surface area contributed by atoms with Gasteiger partial charge >= 0.3 is 0 Å². The highest BCUT2D eigenvalue weighted by Crippen LogP contribution is 2.39. The molecule has 1 aromatic heterocycles. The normalized spacial score (nSPS) is 24.7. The van der Waals surface area contributed by atoms with Crippen LogP contribution >= 0.6 is 0 Å². The molecule has 2 fully saturated rings. The largest absolute Gasteiger partial charge is 0.378 e. The average molecular weight is 406 g/mol. The molecule has 10 nitrogen and oxygen atoms in total. The van der Waals surface area contributed by atoms with Crippen molar-refractivity contribution in [1.82, 2.24) is 20.5 Å². The predicted molar refractivity (Wildman–Crippen MR) is 106 cm³/mol. The SMILES string of the molecule is Cc1cc(N2CCOCC2)nc(NNC(=O)[C@]2(CN(O)C=O)CC[C@@H](C)CC2)n1. The Hall–Kier alpha value is -2.46. The van der Waals surface area contributed by atoms with E-state index in [4.69, 9.17) is 4.74 Å². The van der Waals surface area contributed by atoms with Crippen molar-refractivity contribution in [3.63, 3.8) is 0 Å². The van der Waals surface area contributed by atoms with Gasteiger partial charge in [0.15, 0.2) is 0 Å². The van der Waals surface area contributed by atoms with Gasteiger partial charge in [0.25, 0.3) is 0 Å². The lowest BCUT2D eigenvalue weighted by Crippen LogP contribution is -2.51. The fourth-order valence-corrected chi connectivity index (χ4v) is 3.93. The first-order valence-electron chi connectivity index (χ1n) is 10.1. The van der Waals surface area contributed by atoms with Gasteiger partial charge in [-0.2, -0.15) is 4.98 Å². The van der Waals surface area contributed by atoms with Crippen molar-refractivity contribution in [2.75, 3.05) is 43.2 Å². The number of nitrogens with one attached hydrogen (secondary N) is 2. The van der Waals surface area contributed by atoms with Crippen molar-refractivity contribution in [1.29, 1.82) is 0 Å². The van der Waals surface area contributed by atoms with Crippen molar-refractivity contribution < 1.29 is 19.5 Å². The molecule has 0 spiro atoms. The molecule has 160 valence electrons. The second-order valence-corrected chi connectivity index (χ2v) is 8.04. The maximum Gasteiger partial charge on any atom is 0.246 e. The van der Waals surface area contributed by atoms with E-state index < -0.39 is 5.41 Å². The summed E-state index contributed by atoms with van der Waals surface area (Å²) in [5.41, 5.74) is 5.46. The zero-order chi connectivity index (χ0) is 20.9. The number of hydrazine groups is 1. The molecule has 3 rings (SSSR count). The summed E-state index contributed by atoms with van der Waals surface area (Å²) in [6.45, 7) is 6.78. The van der Waals surface area contributed by atoms with E-state index in [0.717, 1.165) is 37.4 Å². The Morgan fingerprint density at radius 2 is 2.07 bits per heavy atom. The summed E-state index contributed by atoms with van der Waals surface area (Å²) in [4.78, 5) is 34.9. The molecule has 10 heteroatoms. The number of rotatable bonds is 7. The van der Waals surface area contributed by atoms with Crippen LogP contribution in [0.25, 0.3) is 0 Å². The lowest BCUT2D eigenvalue weighted by molar-refractivity contribution is -0.163. The zero-order valence-corrected chi connectivity index (χ0v) is 17.1. The molecule has 3 N–H and O–H groups in total. The minimum absolute atomic E-state index is 0.0373. The molecule has 0 radical (unpaired) electrons. The summed E-state index contributed by atoms with van der Waals surface area (Å²) in [5.74, 6) is 1.32. The summed E-state index contributed by atoms with van der Waals surface area (Å²) in [6.07, 6.45) is 3.25. The van der Waals surface area contributed by atoms with E-state index >= 15 is 0 Å². The summed E-state index contributed by atoms with van der Waals surface area (Å²) >= 11 is 0. The van der Waals surface area contributed by atoms with Gasteiger partial charge < -0.3 is 9.64 Å². The fraction of sp³-hybridized carbons (Fsp3) is 0.684. The third-order valence-corrected chi connectivity index (χ3v) is 5.76. The number of hydrogen-bond donors (Lipinski definition) is 3. The van der Waals surface area contributed by atoms with Crippen molar-refractivity contribution >= 4 is 24.1 Å². The monoisotopic (exact) mass is 406 g/mol. The van der Waals surface area contributed by atoms with E-state index in [1.54, 1.807) is 0 Å². The summed E-state index contributed by atoms with van der Waals surface area (Å²) in [5, 5.41) is 10.3. The number of ether oxygens (including phenoxy) is 1. The van der Waals surface area contributed by atoms with Crippen LogP contribution < -0.4 is 15.8 Å². The first kappa shape index (κ1) is 21.3. The van der Waals surface area contributed by atoms with Crippen LogP contribution in [0.4, 0.5) is 11.8 Å². The molecule has 1 aliphatic carbocycles. The second-order valence-electron chi connectivity index (χ2n) is 8.04. The van der Waals surface area contributed by atoms with E-state index in [0.29, 0.717) is 49.4 Å². The van der Waals surface area contributed by atoms with E-state index in [1.807, 2.05) is 13.0 Å². The van der Waals surface area contributed by atoms with Crippen LogP contribution in [0.1, 0.15) is 38.3 Å². The number of hydroxylamine groups is 2. The summed E-state index contributed by atoms with van der Waals surface area (Å²) < 4.78 is 5.38. The van der Waals surface area contributed by atoms with Crippen molar-refractivity contribution in [2.45, 2.75) is 39.5 Å². The van der Waals surface area contributed by atoms with Gasteiger partial charge in [0.1, 0.15) is 5.82 Å². The van der Waals surface area contributed by atoms with Gasteiger partial charge in [-0.05, 0) is 38.5 Å². The molecule has 2 heterocycles. The van der Waals surface area contributed by atoms with Crippen LogP contribution in [0.5, 0.6) is 0 Å². The van der Waals surface area contributed by atoms with Crippen LogP contribution in [0.3, 0.4) is 0 Å². The Kier molecular flexibility index (Phi) is 6.86. The Morgan fingerprint density at radius 1 is 1.38 bits per heavy atom. The van der Waals surface area contributed by atoms with Gasteiger partial charge in [0.05, 0.1) is 25.2 Å². The van der Waals surface area contributed by atoms with Gasteiger partial charge in [0.2, 0.25) is 18.3 Å². The van der Waals surface area contributed by atoms with E-state index in [2.05, 4.69) is 32.6 Å². The highest BCUT2D eigenvalue weighted by atomic mass is 16.5. The number of amides is 2. The van der Waals surface area contributed by atoms with Crippen LogP contribution in [-0.2, 0) is 14.3 Å². The first-order chi connectivity index (χ1) is 13.9. The third kappa shape index (κ3) is 5.33. The highest BCUT2D eigenvalue weighted by molar-refractivity contribution is 5.84. The van der Waals surface area contributed by atoms with E-state index in [-0.39, 0.29) is 12.5 Å². The van der Waals surface area contributed by atoms with Gasteiger partial charge in [-0.3, -0.25) is 25.6 Å².